The number of carbonyl (C=O) groups is 1. The van der Waals surface area contributed by atoms with Crippen molar-refractivity contribution in [2.24, 2.45) is 5.92 Å². The van der Waals surface area contributed by atoms with Crippen LogP contribution in [0.15, 0.2) is 12.3 Å². The molecule has 0 fully saturated rings. The molecule has 0 saturated heterocycles. The molecule has 0 aromatic carbocycles. The highest BCUT2D eigenvalue weighted by atomic mass is 16.1. The number of anilines is 1. The highest BCUT2D eigenvalue weighted by Gasteiger charge is 2.17. The smallest absolute Gasteiger partial charge is 0.221 e. The van der Waals surface area contributed by atoms with Crippen molar-refractivity contribution in [1.82, 2.24) is 20.4 Å². The predicted molar refractivity (Wildman–Crippen MR) is 79.6 cm³/mol. The summed E-state index contributed by atoms with van der Waals surface area (Å²) < 4.78 is 1.99. The molecular formula is C14H25N5O. The Morgan fingerprint density at radius 2 is 2.50 bits per heavy atom. The summed E-state index contributed by atoms with van der Waals surface area (Å²) in [6.07, 6.45) is 3.33. The number of amides is 1. The Labute approximate surface area is 120 Å². The fourth-order valence-electron chi connectivity index (χ4n) is 2.28. The van der Waals surface area contributed by atoms with E-state index in [9.17, 15) is 4.79 Å². The SMILES string of the molecule is CC[C@H](C)NC(=O)CCNC[C@@H]1CNc2ccnn2C1. The van der Waals surface area contributed by atoms with Crippen molar-refractivity contribution >= 4 is 11.7 Å². The first-order valence-electron chi connectivity index (χ1n) is 7.44. The molecule has 3 N–H and O–H groups in total. The largest absolute Gasteiger partial charge is 0.370 e. The van der Waals surface area contributed by atoms with Crippen LogP contribution in [0.3, 0.4) is 0 Å². The van der Waals surface area contributed by atoms with Crippen molar-refractivity contribution in [2.45, 2.75) is 39.3 Å². The quantitative estimate of drug-likeness (QED) is 0.646. The molecule has 1 aromatic heterocycles. The number of carbonyl (C=O) groups excluding carboxylic acids is 1. The maximum Gasteiger partial charge on any atom is 0.221 e. The van der Waals surface area contributed by atoms with E-state index in [1.54, 1.807) is 0 Å². The molecule has 0 unspecified atom stereocenters. The summed E-state index contributed by atoms with van der Waals surface area (Å²) >= 11 is 0. The van der Waals surface area contributed by atoms with Crippen LogP contribution in [-0.4, -0.2) is 41.4 Å². The fraction of sp³-hybridized carbons (Fsp3) is 0.714. The average molecular weight is 279 g/mol. The second-order valence-electron chi connectivity index (χ2n) is 5.48. The van der Waals surface area contributed by atoms with E-state index in [0.717, 1.165) is 38.4 Å². The van der Waals surface area contributed by atoms with E-state index in [2.05, 4.69) is 28.0 Å². The van der Waals surface area contributed by atoms with Gasteiger partial charge in [0, 0.05) is 50.6 Å². The molecule has 20 heavy (non-hydrogen) atoms. The standard InChI is InChI=1S/C14H25N5O/c1-3-11(2)18-14(20)5-6-15-8-12-9-16-13-4-7-17-19(13)10-12/h4,7,11-12,15-16H,3,5-6,8-10H2,1-2H3,(H,18,20)/t11-,12+/m0/s1. The summed E-state index contributed by atoms with van der Waals surface area (Å²) in [5.41, 5.74) is 0. The molecule has 2 heterocycles. The lowest BCUT2D eigenvalue weighted by Gasteiger charge is -2.25. The molecule has 1 amide bonds. The highest BCUT2D eigenvalue weighted by Crippen LogP contribution is 2.15. The van der Waals surface area contributed by atoms with Gasteiger partial charge in [-0.15, -0.1) is 0 Å². The van der Waals surface area contributed by atoms with Crippen LogP contribution < -0.4 is 16.0 Å². The molecule has 0 saturated carbocycles. The van der Waals surface area contributed by atoms with Gasteiger partial charge in [0.1, 0.15) is 5.82 Å². The van der Waals surface area contributed by atoms with E-state index < -0.39 is 0 Å². The lowest BCUT2D eigenvalue weighted by atomic mass is 10.1. The van der Waals surface area contributed by atoms with Gasteiger partial charge in [-0.25, -0.2) is 4.68 Å². The fourth-order valence-corrected chi connectivity index (χ4v) is 2.28. The maximum absolute atomic E-state index is 11.6. The minimum Gasteiger partial charge on any atom is -0.370 e. The van der Waals surface area contributed by atoms with Gasteiger partial charge in [-0.2, -0.15) is 5.10 Å². The van der Waals surface area contributed by atoms with Crippen LogP contribution in [-0.2, 0) is 11.3 Å². The molecule has 0 radical (unpaired) electrons. The summed E-state index contributed by atoms with van der Waals surface area (Å²) in [4.78, 5) is 11.6. The van der Waals surface area contributed by atoms with Gasteiger partial charge in [0.15, 0.2) is 0 Å². The lowest BCUT2D eigenvalue weighted by Crippen LogP contribution is -2.37. The Balaban J connectivity index is 1.59. The lowest BCUT2D eigenvalue weighted by molar-refractivity contribution is -0.121. The van der Waals surface area contributed by atoms with Gasteiger partial charge in [-0.3, -0.25) is 4.79 Å². The van der Waals surface area contributed by atoms with Crippen molar-refractivity contribution in [1.29, 1.82) is 0 Å². The third kappa shape index (κ3) is 4.23. The summed E-state index contributed by atoms with van der Waals surface area (Å²) in [5, 5.41) is 14.0. The Bertz CT molecular complexity index is 431. The van der Waals surface area contributed by atoms with Crippen molar-refractivity contribution in [2.75, 3.05) is 25.0 Å². The molecule has 0 aliphatic carbocycles. The zero-order valence-electron chi connectivity index (χ0n) is 12.4. The van der Waals surface area contributed by atoms with Gasteiger partial charge in [0.05, 0.1) is 6.20 Å². The Morgan fingerprint density at radius 1 is 1.65 bits per heavy atom. The topological polar surface area (TPSA) is 71.0 Å². The van der Waals surface area contributed by atoms with Gasteiger partial charge in [0.2, 0.25) is 5.91 Å². The van der Waals surface area contributed by atoms with Gasteiger partial charge >= 0.3 is 0 Å². The second kappa shape index (κ2) is 7.28. The van der Waals surface area contributed by atoms with Gasteiger partial charge in [-0.1, -0.05) is 6.92 Å². The van der Waals surface area contributed by atoms with E-state index in [4.69, 9.17) is 0 Å². The van der Waals surface area contributed by atoms with E-state index in [1.807, 2.05) is 23.9 Å². The Morgan fingerprint density at radius 3 is 3.30 bits per heavy atom. The molecule has 2 rings (SSSR count). The molecule has 1 aliphatic rings. The highest BCUT2D eigenvalue weighted by molar-refractivity contribution is 5.76. The van der Waals surface area contributed by atoms with Crippen LogP contribution in [0.2, 0.25) is 0 Å². The number of fused-ring (bicyclic) bond motifs is 1. The van der Waals surface area contributed by atoms with Crippen LogP contribution in [0.5, 0.6) is 0 Å². The van der Waals surface area contributed by atoms with Crippen molar-refractivity contribution in [3.05, 3.63) is 12.3 Å². The van der Waals surface area contributed by atoms with Crippen LogP contribution in [0.4, 0.5) is 5.82 Å². The Hall–Kier alpha value is -1.56. The number of nitrogens with one attached hydrogen (secondary N) is 3. The van der Waals surface area contributed by atoms with Crippen LogP contribution in [0.25, 0.3) is 0 Å². The summed E-state index contributed by atoms with van der Waals surface area (Å²) in [7, 11) is 0. The first-order valence-corrected chi connectivity index (χ1v) is 7.44. The van der Waals surface area contributed by atoms with Gasteiger partial charge in [0.25, 0.3) is 0 Å². The molecule has 6 heteroatoms. The minimum atomic E-state index is 0.128. The van der Waals surface area contributed by atoms with Gasteiger partial charge in [-0.05, 0) is 13.3 Å². The first kappa shape index (κ1) is 14.8. The molecular weight excluding hydrogens is 254 g/mol. The number of rotatable bonds is 7. The van der Waals surface area contributed by atoms with E-state index >= 15 is 0 Å². The normalized spacial score (nSPS) is 19.0. The average Bonchev–Trinajstić information content (AvgIpc) is 2.91. The predicted octanol–water partition coefficient (Wildman–Crippen LogP) is 0.819. The first-order chi connectivity index (χ1) is 9.69. The molecule has 2 atom stereocenters. The Kier molecular flexibility index (Phi) is 5.40. The number of hydrogen-bond donors (Lipinski definition) is 3. The zero-order valence-corrected chi connectivity index (χ0v) is 12.4. The third-order valence-corrected chi connectivity index (χ3v) is 3.70. The van der Waals surface area contributed by atoms with Crippen LogP contribution >= 0.6 is 0 Å². The molecule has 0 spiro atoms. The number of hydrogen-bond acceptors (Lipinski definition) is 4. The molecule has 0 bridgehead atoms. The van der Waals surface area contributed by atoms with Gasteiger partial charge < -0.3 is 16.0 Å². The van der Waals surface area contributed by atoms with Crippen molar-refractivity contribution in [3.8, 4) is 0 Å². The monoisotopic (exact) mass is 279 g/mol. The molecule has 112 valence electrons. The van der Waals surface area contributed by atoms with Crippen LogP contribution in [0.1, 0.15) is 26.7 Å². The van der Waals surface area contributed by atoms with E-state index in [0.29, 0.717) is 12.3 Å². The van der Waals surface area contributed by atoms with E-state index in [-0.39, 0.29) is 11.9 Å². The van der Waals surface area contributed by atoms with Crippen LogP contribution in [0, 0.1) is 5.92 Å². The molecule has 1 aromatic rings. The molecule has 1 aliphatic heterocycles. The number of aromatic nitrogens is 2. The van der Waals surface area contributed by atoms with Crippen molar-refractivity contribution in [3.63, 3.8) is 0 Å². The summed E-state index contributed by atoms with van der Waals surface area (Å²) in [6, 6.07) is 2.26. The second-order valence-corrected chi connectivity index (χ2v) is 5.48. The number of nitrogens with zero attached hydrogens (tertiary/aromatic N) is 2. The van der Waals surface area contributed by atoms with E-state index in [1.165, 1.54) is 0 Å². The maximum atomic E-state index is 11.6. The van der Waals surface area contributed by atoms with Crippen molar-refractivity contribution < 1.29 is 4.79 Å². The summed E-state index contributed by atoms with van der Waals surface area (Å²) in [5.74, 6) is 1.73. The summed E-state index contributed by atoms with van der Waals surface area (Å²) in [6.45, 7) is 7.62. The third-order valence-electron chi connectivity index (χ3n) is 3.70. The molecule has 6 nitrogen and oxygen atoms in total. The zero-order chi connectivity index (χ0) is 14.4. The minimum absolute atomic E-state index is 0.128.